The van der Waals surface area contributed by atoms with Gasteiger partial charge in [-0.05, 0) is 19.4 Å². The average Bonchev–Trinajstić information content (AvgIpc) is 2.43. The monoisotopic (exact) mass is 199 g/mol. The summed E-state index contributed by atoms with van der Waals surface area (Å²) >= 11 is 1.37. The van der Waals surface area contributed by atoms with Gasteiger partial charge in [0.15, 0.2) is 0 Å². The third kappa shape index (κ3) is 2.45. The summed E-state index contributed by atoms with van der Waals surface area (Å²) in [6.45, 7) is 4.31. The van der Waals surface area contributed by atoms with Gasteiger partial charge in [-0.3, -0.25) is 0 Å². The molecule has 0 amide bonds. The predicted molar refractivity (Wildman–Crippen MR) is 54.0 cm³/mol. The van der Waals surface area contributed by atoms with Crippen molar-refractivity contribution in [3.8, 4) is 0 Å². The molecule has 0 unspecified atom stereocenters. The lowest BCUT2D eigenvalue weighted by Gasteiger charge is -1.98. The summed E-state index contributed by atoms with van der Waals surface area (Å²) in [6, 6.07) is 1.66. The Morgan fingerprint density at radius 1 is 1.69 bits per heavy atom. The molecular formula is C9H13NO2S. The van der Waals surface area contributed by atoms with E-state index in [0.29, 0.717) is 17.2 Å². The van der Waals surface area contributed by atoms with E-state index in [0.717, 1.165) is 11.3 Å². The molecule has 0 aromatic carbocycles. The predicted octanol–water partition coefficient (Wildman–Crippen LogP) is 2.21. The first-order valence-electron chi connectivity index (χ1n) is 4.18. The lowest BCUT2D eigenvalue weighted by Crippen LogP contribution is -2.03. The second-order valence-electron chi connectivity index (χ2n) is 2.76. The number of thiophene rings is 1. The molecule has 0 aliphatic carbocycles. The second kappa shape index (κ2) is 4.28. The van der Waals surface area contributed by atoms with Gasteiger partial charge in [0.25, 0.3) is 0 Å². The Bertz CT molecular complexity index is 287. The first-order valence-corrected chi connectivity index (χ1v) is 4.99. The van der Waals surface area contributed by atoms with Crippen molar-refractivity contribution in [3.05, 3.63) is 15.8 Å². The van der Waals surface area contributed by atoms with E-state index in [1.165, 1.54) is 11.3 Å². The van der Waals surface area contributed by atoms with E-state index in [4.69, 9.17) is 10.5 Å². The quantitative estimate of drug-likeness (QED) is 0.759. The maximum atomic E-state index is 11.3. The molecule has 4 heteroatoms. The third-order valence-electron chi connectivity index (χ3n) is 1.59. The van der Waals surface area contributed by atoms with Crippen LogP contribution in [-0.4, -0.2) is 12.6 Å². The van der Waals surface area contributed by atoms with E-state index in [-0.39, 0.29) is 5.97 Å². The molecule has 2 N–H and O–H groups in total. The van der Waals surface area contributed by atoms with Crippen molar-refractivity contribution in [1.29, 1.82) is 0 Å². The lowest BCUT2D eigenvalue weighted by molar-refractivity contribution is 0.0511. The Hall–Kier alpha value is -1.03. The fourth-order valence-electron chi connectivity index (χ4n) is 0.863. The molecule has 3 nitrogen and oxygen atoms in total. The summed E-state index contributed by atoms with van der Waals surface area (Å²) < 4.78 is 4.96. The molecule has 0 fully saturated rings. The van der Waals surface area contributed by atoms with Crippen LogP contribution in [0.25, 0.3) is 0 Å². The minimum atomic E-state index is -0.272. The van der Waals surface area contributed by atoms with Gasteiger partial charge in [-0.25, -0.2) is 4.79 Å². The Balaban J connectivity index is 2.66. The van der Waals surface area contributed by atoms with Gasteiger partial charge in [-0.15, -0.1) is 11.3 Å². The highest BCUT2D eigenvalue weighted by molar-refractivity contribution is 7.14. The molecule has 0 atom stereocenters. The number of esters is 1. The Labute approximate surface area is 81.5 Å². The maximum absolute atomic E-state index is 11.3. The molecule has 1 aromatic rings. The van der Waals surface area contributed by atoms with Crippen LogP contribution in [0.5, 0.6) is 0 Å². The molecule has 0 bridgehead atoms. The third-order valence-corrected chi connectivity index (χ3v) is 2.64. The van der Waals surface area contributed by atoms with E-state index >= 15 is 0 Å². The van der Waals surface area contributed by atoms with Crippen LogP contribution in [0, 0.1) is 6.92 Å². The normalized spacial score (nSPS) is 10.0. The number of hydrogen-bond acceptors (Lipinski definition) is 4. The zero-order valence-corrected chi connectivity index (χ0v) is 8.61. The van der Waals surface area contributed by atoms with Gasteiger partial charge in [0.1, 0.15) is 4.88 Å². The number of carbonyl (C=O) groups is 1. The molecular weight excluding hydrogens is 186 g/mol. The summed E-state index contributed by atoms with van der Waals surface area (Å²) in [5.41, 5.74) is 6.27. The number of nitrogens with two attached hydrogens (primary N) is 1. The second-order valence-corrected chi connectivity index (χ2v) is 4.01. The van der Waals surface area contributed by atoms with Crippen molar-refractivity contribution in [3.63, 3.8) is 0 Å². The van der Waals surface area contributed by atoms with Gasteiger partial charge in [0.05, 0.1) is 6.61 Å². The molecule has 72 valence electrons. The first-order chi connectivity index (χ1) is 6.15. The Kier molecular flexibility index (Phi) is 3.31. The van der Waals surface area contributed by atoms with Crippen LogP contribution in [0.2, 0.25) is 0 Å². The maximum Gasteiger partial charge on any atom is 0.348 e. The van der Waals surface area contributed by atoms with Crippen molar-refractivity contribution in [2.75, 3.05) is 12.3 Å². The highest BCUT2D eigenvalue weighted by atomic mass is 32.1. The summed E-state index contributed by atoms with van der Waals surface area (Å²) in [6.07, 6.45) is 0.839. The molecule has 1 rings (SSSR count). The molecule has 0 saturated heterocycles. The Morgan fingerprint density at radius 2 is 2.38 bits per heavy atom. The smallest absolute Gasteiger partial charge is 0.348 e. The highest BCUT2D eigenvalue weighted by Crippen LogP contribution is 2.23. The van der Waals surface area contributed by atoms with Crippen LogP contribution in [-0.2, 0) is 4.74 Å². The Morgan fingerprint density at radius 3 is 2.85 bits per heavy atom. The van der Waals surface area contributed by atoms with E-state index in [2.05, 4.69) is 0 Å². The summed E-state index contributed by atoms with van der Waals surface area (Å²) in [7, 11) is 0. The molecule has 0 aliphatic heterocycles. The number of anilines is 1. The van der Waals surface area contributed by atoms with Crippen LogP contribution in [0.3, 0.4) is 0 Å². The molecule has 0 spiro atoms. The van der Waals surface area contributed by atoms with Gasteiger partial charge in [0, 0.05) is 10.6 Å². The van der Waals surface area contributed by atoms with Gasteiger partial charge >= 0.3 is 5.97 Å². The van der Waals surface area contributed by atoms with Crippen molar-refractivity contribution >= 4 is 23.0 Å². The summed E-state index contributed by atoms with van der Waals surface area (Å²) in [5.74, 6) is -0.272. The average molecular weight is 199 g/mol. The molecule has 1 heterocycles. The zero-order chi connectivity index (χ0) is 9.84. The van der Waals surface area contributed by atoms with Crippen molar-refractivity contribution in [2.45, 2.75) is 20.3 Å². The molecule has 0 radical (unpaired) electrons. The molecule has 1 aromatic heterocycles. The molecule has 0 saturated carbocycles. The van der Waals surface area contributed by atoms with Gasteiger partial charge < -0.3 is 10.5 Å². The van der Waals surface area contributed by atoms with Crippen LogP contribution >= 0.6 is 11.3 Å². The minimum absolute atomic E-state index is 0.272. The van der Waals surface area contributed by atoms with Crippen LogP contribution in [0.4, 0.5) is 5.69 Å². The van der Waals surface area contributed by atoms with Crippen LogP contribution < -0.4 is 5.73 Å². The number of rotatable bonds is 3. The van der Waals surface area contributed by atoms with Gasteiger partial charge in [-0.1, -0.05) is 6.92 Å². The van der Waals surface area contributed by atoms with E-state index < -0.39 is 0 Å². The number of carbonyl (C=O) groups excluding carboxylic acids is 1. The van der Waals surface area contributed by atoms with E-state index in [1.54, 1.807) is 6.07 Å². The van der Waals surface area contributed by atoms with E-state index in [1.807, 2.05) is 13.8 Å². The van der Waals surface area contributed by atoms with E-state index in [9.17, 15) is 4.79 Å². The zero-order valence-electron chi connectivity index (χ0n) is 7.79. The standard InChI is InChI=1S/C9H13NO2S/c1-3-4-12-9(11)8-5-7(10)6(2)13-8/h5H,3-4,10H2,1-2H3. The number of ether oxygens (including phenoxy) is 1. The molecule has 13 heavy (non-hydrogen) atoms. The van der Waals surface area contributed by atoms with Crippen LogP contribution in [0.15, 0.2) is 6.07 Å². The number of nitrogen functional groups attached to an aromatic ring is 1. The molecule has 0 aliphatic rings. The van der Waals surface area contributed by atoms with Crippen molar-refractivity contribution in [1.82, 2.24) is 0 Å². The van der Waals surface area contributed by atoms with Crippen LogP contribution in [0.1, 0.15) is 27.9 Å². The SMILES string of the molecule is CCCOC(=O)c1cc(N)c(C)s1. The van der Waals surface area contributed by atoms with Crippen molar-refractivity contribution < 1.29 is 9.53 Å². The van der Waals surface area contributed by atoms with Gasteiger partial charge in [-0.2, -0.15) is 0 Å². The lowest BCUT2D eigenvalue weighted by atomic mass is 10.4. The summed E-state index contributed by atoms with van der Waals surface area (Å²) in [5, 5.41) is 0. The largest absolute Gasteiger partial charge is 0.462 e. The fourth-order valence-corrected chi connectivity index (χ4v) is 1.70. The fraction of sp³-hybridized carbons (Fsp3) is 0.444. The first kappa shape index (κ1) is 10.1. The summed E-state index contributed by atoms with van der Waals surface area (Å²) in [4.78, 5) is 12.8. The highest BCUT2D eigenvalue weighted by Gasteiger charge is 2.11. The minimum Gasteiger partial charge on any atom is -0.462 e. The van der Waals surface area contributed by atoms with Crippen molar-refractivity contribution in [2.24, 2.45) is 0 Å². The topological polar surface area (TPSA) is 52.3 Å². The number of hydrogen-bond donors (Lipinski definition) is 1. The number of aryl methyl sites for hydroxylation is 1. The van der Waals surface area contributed by atoms with Gasteiger partial charge in [0.2, 0.25) is 0 Å².